The highest BCUT2D eigenvalue weighted by atomic mass is 16.3. The first-order valence-corrected chi connectivity index (χ1v) is 7.13. The molecule has 0 spiro atoms. The number of phenolic OH excluding ortho intramolecular Hbond substituents is 1. The molecule has 0 unspecified atom stereocenters. The average Bonchev–Trinajstić information content (AvgIpc) is 2.99. The lowest BCUT2D eigenvalue weighted by molar-refractivity contribution is 0.475. The summed E-state index contributed by atoms with van der Waals surface area (Å²) in [5.74, 6) is 0.275. The molecule has 0 saturated carbocycles. The summed E-state index contributed by atoms with van der Waals surface area (Å²) in [5.41, 5.74) is 5.27. The topological polar surface area (TPSA) is 37.5 Å². The number of fused-ring (bicyclic) bond motifs is 1. The lowest BCUT2D eigenvalue weighted by Crippen LogP contribution is -1.88. The number of benzene rings is 2. The summed E-state index contributed by atoms with van der Waals surface area (Å²) >= 11 is 0. The maximum atomic E-state index is 9.39. The molecular weight excluding hydrogens is 272 g/mol. The third kappa shape index (κ3) is 2.13. The molecule has 2 heterocycles. The third-order valence-electron chi connectivity index (χ3n) is 3.78. The van der Waals surface area contributed by atoms with E-state index in [1.807, 2.05) is 42.7 Å². The molecule has 22 heavy (non-hydrogen) atoms. The summed E-state index contributed by atoms with van der Waals surface area (Å²) in [6, 6.07) is 21.5. The van der Waals surface area contributed by atoms with Gasteiger partial charge in [0.1, 0.15) is 11.4 Å². The van der Waals surface area contributed by atoms with E-state index >= 15 is 0 Å². The molecule has 3 nitrogen and oxygen atoms in total. The molecule has 0 fully saturated rings. The summed E-state index contributed by atoms with van der Waals surface area (Å²) in [6.07, 6.45) is 3.93. The van der Waals surface area contributed by atoms with Crippen molar-refractivity contribution in [2.75, 3.05) is 0 Å². The van der Waals surface area contributed by atoms with E-state index in [1.165, 1.54) is 0 Å². The Bertz CT molecular complexity index is 925. The van der Waals surface area contributed by atoms with Crippen molar-refractivity contribution in [1.82, 2.24) is 9.38 Å². The minimum absolute atomic E-state index is 0.275. The average molecular weight is 286 g/mol. The number of hydrogen-bond donors (Lipinski definition) is 1. The van der Waals surface area contributed by atoms with Gasteiger partial charge in [0.25, 0.3) is 0 Å². The summed E-state index contributed by atoms with van der Waals surface area (Å²) in [7, 11) is 0. The fourth-order valence-electron chi connectivity index (χ4n) is 2.64. The van der Waals surface area contributed by atoms with E-state index in [2.05, 4.69) is 33.7 Å². The zero-order valence-corrected chi connectivity index (χ0v) is 11.8. The second kappa shape index (κ2) is 5.04. The Kier molecular flexibility index (Phi) is 2.90. The molecule has 2 aromatic carbocycles. The second-order valence-corrected chi connectivity index (χ2v) is 5.20. The Labute approximate surface area is 128 Å². The minimum Gasteiger partial charge on any atom is -0.508 e. The Morgan fingerprint density at radius 3 is 2.32 bits per heavy atom. The minimum atomic E-state index is 0.275. The second-order valence-electron chi connectivity index (χ2n) is 5.20. The highest BCUT2D eigenvalue weighted by Crippen LogP contribution is 2.26. The SMILES string of the molecule is Oc1ccc(-c2ccn3c(-c4ccccc4)cnc3c2)cc1. The molecule has 0 radical (unpaired) electrons. The van der Waals surface area contributed by atoms with Crippen LogP contribution in [0.4, 0.5) is 0 Å². The first kappa shape index (κ1) is 12.7. The zero-order valence-electron chi connectivity index (χ0n) is 11.8. The van der Waals surface area contributed by atoms with Crippen LogP contribution >= 0.6 is 0 Å². The van der Waals surface area contributed by atoms with Crippen molar-refractivity contribution >= 4 is 5.65 Å². The largest absolute Gasteiger partial charge is 0.508 e. The number of pyridine rings is 1. The smallest absolute Gasteiger partial charge is 0.137 e. The fourth-order valence-corrected chi connectivity index (χ4v) is 2.64. The predicted octanol–water partition coefficient (Wildman–Crippen LogP) is 4.37. The molecule has 0 aliphatic rings. The standard InChI is InChI=1S/C19H14N2O/c22-17-8-6-14(7-9-17)16-10-11-21-18(13-20-19(21)12-16)15-4-2-1-3-5-15/h1-13,22H. The summed E-state index contributed by atoms with van der Waals surface area (Å²) < 4.78 is 2.08. The molecule has 1 N–H and O–H groups in total. The van der Waals surface area contributed by atoms with Gasteiger partial charge in [-0.05, 0) is 35.4 Å². The molecule has 0 aliphatic carbocycles. The van der Waals surface area contributed by atoms with Gasteiger partial charge in [-0.1, -0.05) is 42.5 Å². The quantitative estimate of drug-likeness (QED) is 0.594. The van der Waals surface area contributed by atoms with Gasteiger partial charge in [0.15, 0.2) is 0 Å². The number of hydrogen-bond acceptors (Lipinski definition) is 2. The molecule has 0 aliphatic heterocycles. The van der Waals surface area contributed by atoms with Crippen LogP contribution in [0.15, 0.2) is 79.1 Å². The van der Waals surface area contributed by atoms with Crippen molar-refractivity contribution in [2.45, 2.75) is 0 Å². The fraction of sp³-hybridized carbons (Fsp3) is 0. The van der Waals surface area contributed by atoms with Crippen LogP contribution in [-0.4, -0.2) is 14.5 Å². The third-order valence-corrected chi connectivity index (χ3v) is 3.78. The Balaban J connectivity index is 1.82. The van der Waals surface area contributed by atoms with Gasteiger partial charge >= 0.3 is 0 Å². The highest BCUT2D eigenvalue weighted by molar-refractivity contribution is 5.71. The van der Waals surface area contributed by atoms with Gasteiger partial charge in [0.05, 0.1) is 11.9 Å². The summed E-state index contributed by atoms with van der Waals surface area (Å²) in [4.78, 5) is 4.51. The van der Waals surface area contributed by atoms with Crippen molar-refractivity contribution in [3.63, 3.8) is 0 Å². The lowest BCUT2D eigenvalue weighted by atomic mass is 10.1. The molecule has 106 valence electrons. The molecule has 0 bridgehead atoms. The van der Waals surface area contributed by atoms with Gasteiger partial charge in [0, 0.05) is 11.8 Å². The Morgan fingerprint density at radius 2 is 1.55 bits per heavy atom. The molecule has 2 aromatic heterocycles. The molecule has 0 saturated heterocycles. The van der Waals surface area contributed by atoms with E-state index < -0.39 is 0 Å². The number of rotatable bonds is 2. The molecule has 4 rings (SSSR count). The summed E-state index contributed by atoms with van der Waals surface area (Å²) in [6.45, 7) is 0. The van der Waals surface area contributed by atoms with Gasteiger partial charge in [-0.25, -0.2) is 4.98 Å². The van der Waals surface area contributed by atoms with E-state index in [0.29, 0.717) is 0 Å². The number of imidazole rings is 1. The molecule has 0 amide bonds. The molecule has 0 atom stereocenters. The monoisotopic (exact) mass is 286 g/mol. The predicted molar refractivity (Wildman–Crippen MR) is 87.7 cm³/mol. The Hall–Kier alpha value is -3.07. The van der Waals surface area contributed by atoms with E-state index in [-0.39, 0.29) is 5.75 Å². The molecule has 3 heteroatoms. The van der Waals surface area contributed by atoms with Crippen LogP contribution in [0, 0.1) is 0 Å². The van der Waals surface area contributed by atoms with Crippen molar-refractivity contribution < 1.29 is 5.11 Å². The number of phenols is 1. The van der Waals surface area contributed by atoms with E-state index in [4.69, 9.17) is 0 Å². The van der Waals surface area contributed by atoms with Crippen molar-refractivity contribution in [3.05, 3.63) is 79.1 Å². The van der Waals surface area contributed by atoms with Gasteiger partial charge in [-0.15, -0.1) is 0 Å². The van der Waals surface area contributed by atoms with Crippen LogP contribution in [0.3, 0.4) is 0 Å². The van der Waals surface area contributed by atoms with Gasteiger partial charge in [0.2, 0.25) is 0 Å². The Morgan fingerprint density at radius 1 is 0.773 bits per heavy atom. The van der Waals surface area contributed by atoms with E-state index in [1.54, 1.807) is 12.1 Å². The normalized spacial score (nSPS) is 10.9. The number of nitrogens with zero attached hydrogens (tertiary/aromatic N) is 2. The van der Waals surface area contributed by atoms with Crippen molar-refractivity contribution in [3.8, 4) is 28.1 Å². The van der Waals surface area contributed by atoms with Crippen LogP contribution in [0.25, 0.3) is 28.0 Å². The van der Waals surface area contributed by atoms with Crippen LogP contribution in [0.2, 0.25) is 0 Å². The first-order chi connectivity index (χ1) is 10.8. The van der Waals surface area contributed by atoms with E-state index in [0.717, 1.165) is 28.0 Å². The van der Waals surface area contributed by atoms with Gasteiger partial charge in [-0.3, -0.25) is 4.40 Å². The molecular formula is C19H14N2O. The van der Waals surface area contributed by atoms with E-state index in [9.17, 15) is 5.11 Å². The van der Waals surface area contributed by atoms with Crippen molar-refractivity contribution in [2.24, 2.45) is 0 Å². The molecule has 4 aromatic rings. The first-order valence-electron chi connectivity index (χ1n) is 7.13. The van der Waals surface area contributed by atoms with Crippen LogP contribution in [-0.2, 0) is 0 Å². The van der Waals surface area contributed by atoms with Gasteiger partial charge < -0.3 is 5.11 Å². The van der Waals surface area contributed by atoms with Crippen LogP contribution < -0.4 is 0 Å². The number of aromatic hydroxyl groups is 1. The lowest BCUT2D eigenvalue weighted by Gasteiger charge is -2.05. The highest BCUT2D eigenvalue weighted by Gasteiger charge is 2.07. The maximum Gasteiger partial charge on any atom is 0.137 e. The van der Waals surface area contributed by atoms with Gasteiger partial charge in [-0.2, -0.15) is 0 Å². The zero-order chi connectivity index (χ0) is 14.9. The maximum absolute atomic E-state index is 9.39. The number of aromatic nitrogens is 2. The van der Waals surface area contributed by atoms with Crippen LogP contribution in [0.5, 0.6) is 5.75 Å². The summed E-state index contributed by atoms with van der Waals surface area (Å²) in [5, 5.41) is 9.39. The van der Waals surface area contributed by atoms with Crippen LogP contribution in [0.1, 0.15) is 0 Å². The van der Waals surface area contributed by atoms with Crippen molar-refractivity contribution in [1.29, 1.82) is 0 Å².